The molecule has 0 aliphatic carbocycles. The second-order valence-corrected chi connectivity index (χ2v) is 6.48. The fraction of sp³-hybridized carbons (Fsp3) is 0.316. The van der Waals surface area contributed by atoms with Crippen LogP contribution in [0.25, 0.3) is 0 Å². The second-order valence-electron chi connectivity index (χ2n) is 6.48. The lowest BCUT2D eigenvalue weighted by atomic mass is 9.87. The molecule has 1 fully saturated rings. The third kappa shape index (κ3) is 3.70. The zero-order valence-corrected chi connectivity index (χ0v) is 15.3. The van der Waals surface area contributed by atoms with E-state index in [1.807, 2.05) is 13.0 Å². The molecule has 4 amide bonds. The van der Waals surface area contributed by atoms with E-state index >= 15 is 0 Å². The third-order valence-electron chi connectivity index (χ3n) is 4.54. The molecule has 0 unspecified atom stereocenters. The minimum absolute atomic E-state index is 0.00220. The number of urea groups is 1. The standard InChI is InChI=1S/C19H22N4O4/c1-3-19(14-8-5-4-6-9-14)17(25)23(18(26)20-19)21-16(24)13-22(2)12-15-10-7-11-27-15/h4-11H,3,12-13H2,1-2H3,(H,20,26)(H,21,24)/t19-/m1/s1. The molecule has 8 heteroatoms. The van der Waals surface area contributed by atoms with Crippen LogP contribution in [0.5, 0.6) is 0 Å². The minimum atomic E-state index is -1.17. The average Bonchev–Trinajstić information content (AvgIpc) is 3.24. The summed E-state index contributed by atoms with van der Waals surface area (Å²) in [5, 5.41) is 3.49. The molecule has 1 aromatic carbocycles. The molecule has 0 spiro atoms. The Kier molecular flexibility index (Phi) is 5.27. The molecule has 1 atom stereocenters. The molecular formula is C19H22N4O4. The van der Waals surface area contributed by atoms with Gasteiger partial charge in [0, 0.05) is 0 Å². The quantitative estimate of drug-likeness (QED) is 0.722. The Morgan fingerprint density at radius 1 is 1.22 bits per heavy atom. The van der Waals surface area contributed by atoms with Gasteiger partial charge in [-0.3, -0.25) is 19.9 Å². The van der Waals surface area contributed by atoms with Gasteiger partial charge in [-0.2, -0.15) is 5.01 Å². The van der Waals surface area contributed by atoms with Gasteiger partial charge in [0.25, 0.3) is 11.8 Å². The van der Waals surface area contributed by atoms with Crippen LogP contribution in [0.15, 0.2) is 53.1 Å². The van der Waals surface area contributed by atoms with Gasteiger partial charge >= 0.3 is 6.03 Å². The largest absolute Gasteiger partial charge is 0.468 e. The molecule has 0 saturated carbocycles. The highest BCUT2D eigenvalue weighted by molar-refractivity contribution is 6.08. The Bertz CT molecular complexity index is 821. The molecule has 1 saturated heterocycles. The van der Waals surface area contributed by atoms with Crippen molar-refractivity contribution >= 4 is 17.8 Å². The van der Waals surface area contributed by atoms with Gasteiger partial charge in [0.1, 0.15) is 11.3 Å². The molecule has 3 rings (SSSR count). The molecule has 0 radical (unpaired) electrons. The summed E-state index contributed by atoms with van der Waals surface area (Å²) >= 11 is 0. The average molecular weight is 370 g/mol. The smallest absolute Gasteiger partial charge is 0.344 e. The van der Waals surface area contributed by atoms with Gasteiger partial charge in [-0.1, -0.05) is 37.3 Å². The summed E-state index contributed by atoms with van der Waals surface area (Å²) in [5.41, 5.74) is 1.91. The Hall–Kier alpha value is -3.13. The number of imide groups is 1. The van der Waals surface area contributed by atoms with Gasteiger partial charge in [-0.25, -0.2) is 4.79 Å². The fourth-order valence-electron chi connectivity index (χ4n) is 3.17. The van der Waals surface area contributed by atoms with Crippen LogP contribution in [-0.4, -0.2) is 41.3 Å². The number of hydrogen-bond acceptors (Lipinski definition) is 5. The maximum Gasteiger partial charge on any atom is 0.344 e. The van der Waals surface area contributed by atoms with E-state index in [9.17, 15) is 14.4 Å². The van der Waals surface area contributed by atoms with Crippen LogP contribution in [0, 0.1) is 0 Å². The number of likely N-dealkylation sites (N-methyl/N-ethyl adjacent to an activating group) is 1. The summed E-state index contributed by atoms with van der Waals surface area (Å²) < 4.78 is 5.24. The van der Waals surface area contributed by atoms with Gasteiger partial charge in [0.15, 0.2) is 0 Å². The molecule has 1 aliphatic heterocycles. The lowest BCUT2D eigenvalue weighted by Gasteiger charge is -2.25. The van der Waals surface area contributed by atoms with Crippen LogP contribution in [0.1, 0.15) is 24.7 Å². The molecule has 2 N–H and O–H groups in total. The number of rotatable bonds is 7. The predicted molar refractivity (Wildman–Crippen MR) is 97.0 cm³/mol. The van der Waals surface area contributed by atoms with Gasteiger partial charge in [0.2, 0.25) is 0 Å². The molecule has 2 heterocycles. The number of nitrogens with one attached hydrogen (secondary N) is 2. The zero-order chi connectivity index (χ0) is 19.4. The molecule has 2 aromatic rings. The van der Waals surface area contributed by atoms with Crippen LogP contribution in [0.4, 0.5) is 4.79 Å². The Labute approximate surface area is 157 Å². The van der Waals surface area contributed by atoms with Crippen LogP contribution in [0.2, 0.25) is 0 Å². The van der Waals surface area contributed by atoms with E-state index in [4.69, 9.17) is 4.42 Å². The van der Waals surface area contributed by atoms with Gasteiger partial charge in [-0.15, -0.1) is 0 Å². The van der Waals surface area contributed by atoms with Gasteiger partial charge < -0.3 is 9.73 Å². The van der Waals surface area contributed by atoms with E-state index in [-0.39, 0.29) is 6.54 Å². The summed E-state index contributed by atoms with van der Waals surface area (Å²) in [4.78, 5) is 39.3. The number of furan rings is 1. The molecule has 27 heavy (non-hydrogen) atoms. The number of carbonyl (C=O) groups is 3. The summed E-state index contributed by atoms with van der Waals surface area (Å²) in [6.07, 6.45) is 1.93. The summed E-state index contributed by atoms with van der Waals surface area (Å²) in [6, 6.07) is 11.9. The third-order valence-corrected chi connectivity index (χ3v) is 4.54. The van der Waals surface area contributed by atoms with Crippen molar-refractivity contribution in [1.82, 2.24) is 20.7 Å². The number of carbonyl (C=O) groups excluding carboxylic acids is 3. The molecule has 0 bridgehead atoms. The minimum Gasteiger partial charge on any atom is -0.468 e. The number of hydrogen-bond donors (Lipinski definition) is 2. The maximum atomic E-state index is 12.9. The summed E-state index contributed by atoms with van der Waals surface area (Å²) in [7, 11) is 1.74. The van der Waals surface area contributed by atoms with E-state index in [0.29, 0.717) is 18.5 Å². The first kappa shape index (κ1) is 18.7. The Balaban J connectivity index is 1.67. The van der Waals surface area contributed by atoms with Crippen molar-refractivity contribution in [1.29, 1.82) is 0 Å². The van der Waals surface area contributed by atoms with Crippen LogP contribution in [0.3, 0.4) is 0 Å². The Morgan fingerprint density at radius 3 is 2.59 bits per heavy atom. The maximum absolute atomic E-state index is 12.9. The van der Waals surface area contributed by atoms with Crippen molar-refractivity contribution in [2.45, 2.75) is 25.4 Å². The molecule has 142 valence electrons. The van der Waals surface area contributed by atoms with E-state index in [0.717, 1.165) is 10.8 Å². The first-order valence-corrected chi connectivity index (χ1v) is 8.69. The van der Waals surface area contributed by atoms with Crippen molar-refractivity contribution in [2.75, 3.05) is 13.6 Å². The van der Waals surface area contributed by atoms with Gasteiger partial charge in [-0.05, 0) is 31.2 Å². The number of nitrogens with zero attached hydrogens (tertiary/aromatic N) is 2. The SMILES string of the molecule is CC[C@]1(c2ccccc2)NC(=O)N(NC(=O)CN(C)Cc2ccco2)C1=O. The lowest BCUT2D eigenvalue weighted by molar-refractivity contribution is -0.139. The Morgan fingerprint density at radius 2 is 1.96 bits per heavy atom. The highest BCUT2D eigenvalue weighted by Gasteiger charge is 2.52. The predicted octanol–water partition coefficient (Wildman–Crippen LogP) is 1.60. The highest BCUT2D eigenvalue weighted by Crippen LogP contribution is 2.31. The fourth-order valence-corrected chi connectivity index (χ4v) is 3.17. The monoisotopic (exact) mass is 370 g/mol. The normalized spacial score (nSPS) is 19.4. The van der Waals surface area contributed by atoms with Crippen LogP contribution in [-0.2, 0) is 21.7 Å². The van der Waals surface area contributed by atoms with Crippen LogP contribution < -0.4 is 10.7 Å². The summed E-state index contributed by atoms with van der Waals surface area (Å²) in [5.74, 6) is -0.245. The van der Waals surface area contributed by atoms with E-state index in [1.54, 1.807) is 54.6 Å². The topological polar surface area (TPSA) is 94.9 Å². The lowest BCUT2D eigenvalue weighted by Crippen LogP contribution is -2.50. The first-order valence-electron chi connectivity index (χ1n) is 8.69. The summed E-state index contributed by atoms with van der Waals surface area (Å²) in [6.45, 7) is 2.25. The van der Waals surface area contributed by atoms with E-state index in [1.165, 1.54) is 0 Å². The van der Waals surface area contributed by atoms with Crippen molar-refractivity contribution in [2.24, 2.45) is 0 Å². The highest BCUT2D eigenvalue weighted by atomic mass is 16.3. The van der Waals surface area contributed by atoms with E-state index < -0.39 is 23.4 Å². The second kappa shape index (κ2) is 7.63. The van der Waals surface area contributed by atoms with Crippen molar-refractivity contribution < 1.29 is 18.8 Å². The number of benzene rings is 1. The van der Waals surface area contributed by atoms with E-state index in [2.05, 4.69) is 10.7 Å². The molecular weight excluding hydrogens is 348 g/mol. The number of hydrazine groups is 1. The zero-order valence-electron chi connectivity index (χ0n) is 15.3. The number of amides is 4. The van der Waals surface area contributed by atoms with Crippen molar-refractivity contribution in [3.05, 3.63) is 60.1 Å². The molecule has 8 nitrogen and oxygen atoms in total. The van der Waals surface area contributed by atoms with Crippen molar-refractivity contribution in [3.63, 3.8) is 0 Å². The van der Waals surface area contributed by atoms with Crippen LogP contribution >= 0.6 is 0 Å². The molecule has 1 aliphatic rings. The molecule has 1 aromatic heterocycles. The van der Waals surface area contributed by atoms with Crippen molar-refractivity contribution in [3.8, 4) is 0 Å². The van der Waals surface area contributed by atoms with Gasteiger partial charge in [0.05, 0.1) is 19.4 Å². The first-order chi connectivity index (χ1) is 13.0.